The monoisotopic (exact) mass is 298 g/mol. The third-order valence-electron chi connectivity index (χ3n) is 3.70. The Morgan fingerprint density at radius 3 is 2.80 bits per heavy atom. The Morgan fingerprint density at radius 1 is 1.45 bits per heavy atom. The first-order valence-electron chi connectivity index (χ1n) is 7.15. The number of methoxy groups -OCH3 is 1. The van der Waals surface area contributed by atoms with E-state index in [0.29, 0.717) is 17.3 Å². The molecular weight excluding hydrogens is 276 g/mol. The molecule has 0 aliphatic heterocycles. The molecule has 0 spiro atoms. The quantitative estimate of drug-likeness (QED) is 0.724. The number of aromatic hydroxyl groups is 1. The number of halogens is 1. The van der Waals surface area contributed by atoms with Crippen LogP contribution in [0, 0.1) is 0 Å². The minimum atomic E-state index is 0.166. The first-order chi connectivity index (χ1) is 9.65. The molecule has 1 aromatic carbocycles. The lowest BCUT2D eigenvalue weighted by atomic mass is 10.2. The van der Waals surface area contributed by atoms with Crippen molar-refractivity contribution in [2.75, 3.05) is 26.7 Å². The van der Waals surface area contributed by atoms with Crippen LogP contribution in [0.2, 0.25) is 5.02 Å². The van der Waals surface area contributed by atoms with Gasteiger partial charge in [0.1, 0.15) is 0 Å². The highest BCUT2D eigenvalue weighted by Crippen LogP contribution is 2.33. The van der Waals surface area contributed by atoms with E-state index in [0.717, 1.165) is 31.2 Å². The lowest BCUT2D eigenvalue weighted by Gasteiger charge is -2.20. The summed E-state index contributed by atoms with van der Waals surface area (Å²) in [4.78, 5) is 2.49. The highest BCUT2D eigenvalue weighted by molar-refractivity contribution is 6.30. The van der Waals surface area contributed by atoms with E-state index < -0.39 is 0 Å². The topological polar surface area (TPSA) is 44.7 Å². The lowest BCUT2D eigenvalue weighted by Crippen LogP contribution is -2.33. The van der Waals surface area contributed by atoms with Crippen LogP contribution in [-0.2, 0) is 6.54 Å². The van der Waals surface area contributed by atoms with Crippen molar-refractivity contribution in [2.45, 2.75) is 32.4 Å². The summed E-state index contributed by atoms with van der Waals surface area (Å²) in [7, 11) is 1.53. The fourth-order valence-corrected chi connectivity index (χ4v) is 2.63. The Balaban J connectivity index is 1.83. The predicted octanol–water partition coefficient (Wildman–Crippen LogP) is 2.63. The molecule has 112 valence electrons. The SMILES string of the molecule is CCN(CCNCc1cc(Cl)cc(OC)c1O)C1CC1. The van der Waals surface area contributed by atoms with E-state index in [1.54, 1.807) is 12.1 Å². The minimum absolute atomic E-state index is 0.166. The summed E-state index contributed by atoms with van der Waals surface area (Å²) in [5.74, 6) is 0.585. The smallest absolute Gasteiger partial charge is 0.162 e. The number of likely N-dealkylation sites (N-methyl/N-ethyl adjacent to an activating group) is 1. The third kappa shape index (κ3) is 4.01. The van der Waals surface area contributed by atoms with E-state index in [1.807, 2.05) is 0 Å². The third-order valence-corrected chi connectivity index (χ3v) is 3.92. The highest BCUT2D eigenvalue weighted by atomic mass is 35.5. The van der Waals surface area contributed by atoms with Crippen molar-refractivity contribution < 1.29 is 9.84 Å². The first kappa shape index (κ1) is 15.4. The van der Waals surface area contributed by atoms with Gasteiger partial charge < -0.3 is 15.2 Å². The fourth-order valence-electron chi connectivity index (χ4n) is 2.40. The average molecular weight is 299 g/mol. The summed E-state index contributed by atoms with van der Waals surface area (Å²) in [6.07, 6.45) is 2.67. The number of nitrogens with one attached hydrogen (secondary N) is 1. The average Bonchev–Trinajstić information content (AvgIpc) is 3.26. The van der Waals surface area contributed by atoms with E-state index in [4.69, 9.17) is 16.3 Å². The van der Waals surface area contributed by atoms with E-state index in [-0.39, 0.29) is 5.75 Å². The number of rotatable bonds is 8. The summed E-state index contributed by atoms with van der Waals surface area (Å²) in [5.41, 5.74) is 0.767. The van der Waals surface area contributed by atoms with Gasteiger partial charge in [0.05, 0.1) is 7.11 Å². The fraction of sp³-hybridized carbons (Fsp3) is 0.600. The van der Waals surface area contributed by atoms with E-state index in [2.05, 4.69) is 17.1 Å². The van der Waals surface area contributed by atoms with Crippen molar-refractivity contribution in [3.05, 3.63) is 22.7 Å². The standard InChI is InChI=1S/C15H23ClN2O2/c1-3-18(13-4-5-13)7-6-17-10-11-8-12(16)9-14(20-2)15(11)19/h8-9,13,17,19H,3-7,10H2,1-2H3. The zero-order valence-corrected chi connectivity index (χ0v) is 12.9. The molecule has 0 aromatic heterocycles. The Morgan fingerprint density at radius 2 is 2.20 bits per heavy atom. The maximum Gasteiger partial charge on any atom is 0.162 e. The van der Waals surface area contributed by atoms with Gasteiger partial charge in [0, 0.05) is 42.3 Å². The number of phenolic OH excluding ortho intramolecular Hbond substituents is 1. The van der Waals surface area contributed by atoms with Gasteiger partial charge in [-0.05, 0) is 25.5 Å². The number of nitrogens with zero attached hydrogens (tertiary/aromatic N) is 1. The maximum absolute atomic E-state index is 10.0. The largest absolute Gasteiger partial charge is 0.504 e. The Bertz CT molecular complexity index is 450. The molecule has 1 aliphatic rings. The van der Waals surface area contributed by atoms with Crippen LogP contribution in [-0.4, -0.2) is 42.8 Å². The molecule has 0 heterocycles. The highest BCUT2D eigenvalue weighted by Gasteiger charge is 2.27. The molecule has 2 N–H and O–H groups in total. The van der Waals surface area contributed by atoms with Gasteiger partial charge in [0.25, 0.3) is 0 Å². The molecule has 1 aromatic rings. The van der Waals surface area contributed by atoms with Crippen LogP contribution >= 0.6 is 11.6 Å². The van der Waals surface area contributed by atoms with E-state index in [1.165, 1.54) is 20.0 Å². The molecule has 20 heavy (non-hydrogen) atoms. The molecular formula is C15H23ClN2O2. The zero-order chi connectivity index (χ0) is 14.5. The van der Waals surface area contributed by atoms with Crippen molar-refractivity contribution in [1.82, 2.24) is 10.2 Å². The van der Waals surface area contributed by atoms with Crippen molar-refractivity contribution in [2.24, 2.45) is 0 Å². The molecule has 1 aliphatic carbocycles. The lowest BCUT2D eigenvalue weighted by molar-refractivity contribution is 0.276. The van der Waals surface area contributed by atoms with Gasteiger partial charge in [-0.2, -0.15) is 0 Å². The minimum Gasteiger partial charge on any atom is -0.504 e. The molecule has 1 saturated carbocycles. The van der Waals surface area contributed by atoms with Gasteiger partial charge in [-0.25, -0.2) is 0 Å². The van der Waals surface area contributed by atoms with Gasteiger partial charge in [-0.3, -0.25) is 4.90 Å². The number of ether oxygens (including phenoxy) is 1. The van der Waals surface area contributed by atoms with Crippen LogP contribution < -0.4 is 10.1 Å². The van der Waals surface area contributed by atoms with Crippen molar-refractivity contribution in [3.8, 4) is 11.5 Å². The molecule has 0 unspecified atom stereocenters. The Kier molecular flexibility index (Phi) is 5.52. The van der Waals surface area contributed by atoms with Crippen LogP contribution in [0.1, 0.15) is 25.3 Å². The van der Waals surface area contributed by atoms with Gasteiger partial charge >= 0.3 is 0 Å². The number of phenols is 1. The Labute approximate surface area is 125 Å². The maximum atomic E-state index is 10.0. The van der Waals surface area contributed by atoms with Crippen molar-refractivity contribution in [3.63, 3.8) is 0 Å². The van der Waals surface area contributed by atoms with Gasteiger partial charge in [0.15, 0.2) is 11.5 Å². The molecule has 1 fully saturated rings. The van der Waals surface area contributed by atoms with Crippen molar-refractivity contribution in [1.29, 1.82) is 0 Å². The summed E-state index contributed by atoms with van der Waals surface area (Å²) < 4.78 is 5.10. The second-order valence-electron chi connectivity index (χ2n) is 5.15. The molecule has 0 saturated heterocycles. The summed E-state index contributed by atoms with van der Waals surface area (Å²) in [5, 5.41) is 14.0. The van der Waals surface area contributed by atoms with Crippen molar-refractivity contribution >= 4 is 11.6 Å². The molecule has 2 rings (SSSR count). The Hall–Kier alpha value is -0.970. The van der Waals surface area contributed by atoms with Gasteiger partial charge in [0.2, 0.25) is 0 Å². The number of hydrogen-bond donors (Lipinski definition) is 2. The van der Waals surface area contributed by atoms with Gasteiger partial charge in [-0.1, -0.05) is 18.5 Å². The summed E-state index contributed by atoms with van der Waals surface area (Å²) in [6, 6.07) is 4.18. The molecule has 0 amide bonds. The summed E-state index contributed by atoms with van der Waals surface area (Å²) >= 11 is 6.01. The molecule has 0 radical (unpaired) electrons. The second-order valence-corrected chi connectivity index (χ2v) is 5.59. The number of hydrogen-bond acceptors (Lipinski definition) is 4. The van der Waals surface area contributed by atoms with Crippen LogP contribution in [0.15, 0.2) is 12.1 Å². The predicted molar refractivity (Wildman–Crippen MR) is 81.6 cm³/mol. The zero-order valence-electron chi connectivity index (χ0n) is 12.2. The van der Waals surface area contributed by atoms with Gasteiger partial charge in [-0.15, -0.1) is 0 Å². The molecule has 0 bridgehead atoms. The van der Waals surface area contributed by atoms with Crippen LogP contribution in [0.5, 0.6) is 11.5 Å². The van der Waals surface area contributed by atoms with Crippen LogP contribution in [0.4, 0.5) is 0 Å². The van der Waals surface area contributed by atoms with E-state index >= 15 is 0 Å². The summed E-state index contributed by atoms with van der Waals surface area (Å²) in [6.45, 7) is 5.83. The normalized spacial score (nSPS) is 14.8. The second kappa shape index (κ2) is 7.16. The first-order valence-corrected chi connectivity index (χ1v) is 7.53. The molecule has 5 heteroatoms. The van der Waals surface area contributed by atoms with E-state index in [9.17, 15) is 5.11 Å². The van der Waals surface area contributed by atoms with Crippen LogP contribution in [0.3, 0.4) is 0 Å². The molecule has 4 nitrogen and oxygen atoms in total. The molecule has 0 atom stereocenters. The number of benzene rings is 1. The van der Waals surface area contributed by atoms with Crippen LogP contribution in [0.25, 0.3) is 0 Å².